The van der Waals surface area contributed by atoms with Crippen molar-refractivity contribution in [1.29, 1.82) is 0 Å². The highest BCUT2D eigenvalue weighted by Gasteiger charge is 2.26. The van der Waals surface area contributed by atoms with E-state index in [1.54, 1.807) is 19.9 Å². The van der Waals surface area contributed by atoms with Crippen LogP contribution in [0.1, 0.15) is 36.3 Å². The maximum atomic E-state index is 12.2. The monoisotopic (exact) mass is 291 g/mol. The average Bonchev–Trinajstić information content (AvgIpc) is 2.84. The van der Waals surface area contributed by atoms with Crippen molar-refractivity contribution >= 4 is 23.0 Å². The number of aryl methyl sites for hydroxylation is 1. The summed E-state index contributed by atoms with van der Waals surface area (Å²) in [5.74, 6) is -1.69. The fraction of sp³-hybridized carbons (Fsp3) is 0.429. The predicted octanol–water partition coefficient (Wildman–Crippen LogP) is 1.76. The molecule has 0 aliphatic carbocycles. The van der Waals surface area contributed by atoms with Crippen molar-refractivity contribution < 1.29 is 19.2 Å². The van der Waals surface area contributed by atoms with E-state index in [1.165, 1.54) is 6.20 Å². The average molecular weight is 291 g/mol. The van der Waals surface area contributed by atoms with Crippen LogP contribution in [0.3, 0.4) is 0 Å². The summed E-state index contributed by atoms with van der Waals surface area (Å²) in [5.41, 5.74) is 1.26. The molecule has 2 aromatic heterocycles. The predicted molar refractivity (Wildman–Crippen MR) is 74.9 cm³/mol. The largest absolute Gasteiger partial charge is 0.480 e. The van der Waals surface area contributed by atoms with Crippen LogP contribution in [0.15, 0.2) is 16.8 Å². The summed E-state index contributed by atoms with van der Waals surface area (Å²) in [6.07, 6.45) is 2.00. The zero-order valence-electron chi connectivity index (χ0n) is 12.1. The number of pyridine rings is 1. The van der Waals surface area contributed by atoms with Gasteiger partial charge in [0.05, 0.1) is 16.6 Å². The van der Waals surface area contributed by atoms with Gasteiger partial charge in [0.2, 0.25) is 0 Å². The molecule has 7 heteroatoms. The summed E-state index contributed by atoms with van der Waals surface area (Å²) >= 11 is 0. The number of nitrogens with one attached hydrogen (secondary N) is 1. The summed E-state index contributed by atoms with van der Waals surface area (Å²) in [6, 6.07) is 0.667. The molecule has 21 heavy (non-hydrogen) atoms. The van der Waals surface area contributed by atoms with Crippen molar-refractivity contribution in [3.8, 4) is 0 Å². The molecule has 0 spiro atoms. The lowest BCUT2D eigenvalue weighted by Gasteiger charge is -2.20. The highest BCUT2D eigenvalue weighted by molar-refractivity contribution is 5.98. The lowest BCUT2D eigenvalue weighted by atomic mass is 9.99. The van der Waals surface area contributed by atoms with Gasteiger partial charge in [0, 0.05) is 6.20 Å². The maximum absolute atomic E-state index is 12.2. The van der Waals surface area contributed by atoms with E-state index in [0.717, 1.165) is 0 Å². The van der Waals surface area contributed by atoms with Crippen LogP contribution in [0.5, 0.6) is 0 Å². The minimum absolute atomic E-state index is 0.166. The van der Waals surface area contributed by atoms with E-state index in [0.29, 0.717) is 23.2 Å². The van der Waals surface area contributed by atoms with Gasteiger partial charge in [0.15, 0.2) is 0 Å². The number of aromatic nitrogens is 2. The number of nitrogens with zero attached hydrogens (tertiary/aromatic N) is 2. The maximum Gasteiger partial charge on any atom is 0.326 e. The van der Waals surface area contributed by atoms with E-state index in [4.69, 9.17) is 4.52 Å². The second kappa shape index (κ2) is 5.90. The van der Waals surface area contributed by atoms with E-state index in [1.807, 2.05) is 6.92 Å². The zero-order chi connectivity index (χ0) is 15.6. The SMILES string of the molecule is CC[C@H](C)[C@H](NC(=O)c1cnc2onc(C)c2c1)C(=O)O. The van der Waals surface area contributed by atoms with Crippen LogP contribution in [-0.2, 0) is 4.79 Å². The molecule has 0 aromatic carbocycles. The quantitative estimate of drug-likeness (QED) is 0.869. The molecule has 7 nitrogen and oxygen atoms in total. The fourth-order valence-electron chi connectivity index (χ4n) is 1.98. The number of hydrogen-bond donors (Lipinski definition) is 2. The van der Waals surface area contributed by atoms with E-state index in [9.17, 15) is 14.7 Å². The first-order valence-electron chi connectivity index (χ1n) is 6.69. The number of carbonyl (C=O) groups excluding carboxylic acids is 1. The number of rotatable bonds is 5. The van der Waals surface area contributed by atoms with E-state index >= 15 is 0 Å². The molecular formula is C14H17N3O4. The number of amides is 1. The van der Waals surface area contributed by atoms with Crippen LogP contribution in [-0.4, -0.2) is 33.2 Å². The van der Waals surface area contributed by atoms with Crippen molar-refractivity contribution in [3.63, 3.8) is 0 Å². The van der Waals surface area contributed by atoms with Gasteiger partial charge in [0.1, 0.15) is 6.04 Å². The molecule has 0 saturated heterocycles. The summed E-state index contributed by atoms with van der Waals surface area (Å²) < 4.78 is 4.97. The number of hydrogen-bond acceptors (Lipinski definition) is 5. The molecule has 2 rings (SSSR count). The molecule has 0 aliphatic heterocycles. The molecule has 2 aromatic rings. The Morgan fingerprint density at radius 2 is 2.19 bits per heavy atom. The van der Waals surface area contributed by atoms with Crippen molar-refractivity contribution in [3.05, 3.63) is 23.5 Å². The van der Waals surface area contributed by atoms with E-state index in [2.05, 4.69) is 15.5 Å². The Kier molecular flexibility index (Phi) is 4.21. The van der Waals surface area contributed by atoms with Gasteiger partial charge < -0.3 is 14.9 Å². The smallest absolute Gasteiger partial charge is 0.326 e. The highest BCUT2D eigenvalue weighted by atomic mass is 16.5. The second-order valence-electron chi connectivity index (χ2n) is 5.02. The van der Waals surface area contributed by atoms with Gasteiger partial charge in [-0.3, -0.25) is 4.79 Å². The van der Waals surface area contributed by atoms with Crippen LogP contribution in [0.25, 0.3) is 11.1 Å². The molecule has 2 heterocycles. The first kappa shape index (κ1) is 15.0. The van der Waals surface area contributed by atoms with Crippen molar-refractivity contribution in [2.45, 2.75) is 33.2 Å². The third kappa shape index (κ3) is 3.01. The molecule has 0 saturated carbocycles. The van der Waals surface area contributed by atoms with Crippen LogP contribution in [0.2, 0.25) is 0 Å². The Hall–Kier alpha value is -2.44. The number of carbonyl (C=O) groups is 2. The van der Waals surface area contributed by atoms with Crippen LogP contribution >= 0.6 is 0 Å². The van der Waals surface area contributed by atoms with Crippen LogP contribution in [0, 0.1) is 12.8 Å². The number of carboxylic acids is 1. The highest BCUT2D eigenvalue weighted by Crippen LogP contribution is 2.17. The van der Waals surface area contributed by atoms with Crippen LogP contribution in [0.4, 0.5) is 0 Å². The molecule has 0 aliphatic rings. The Bertz CT molecular complexity index is 680. The topological polar surface area (TPSA) is 105 Å². The standard InChI is InChI=1S/C14H17N3O4/c1-4-7(2)11(14(19)20)16-12(18)9-5-10-8(3)17-21-13(10)15-6-9/h5-7,11H,4H2,1-3H3,(H,16,18)(H,19,20)/t7-,11-/m0/s1. The van der Waals surface area contributed by atoms with Gasteiger partial charge >= 0.3 is 5.97 Å². The molecule has 1 amide bonds. The summed E-state index contributed by atoms with van der Waals surface area (Å²) in [6.45, 7) is 5.40. The minimum Gasteiger partial charge on any atom is -0.480 e. The molecule has 0 fully saturated rings. The van der Waals surface area contributed by atoms with E-state index in [-0.39, 0.29) is 11.5 Å². The number of carboxylic acid groups (broad SMARTS) is 1. The van der Waals surface area contributed by atoms with E-state index < -0.39 is 17.9 Å². The lowest BCUT2D eigenvalue weighted by molar-refractivity contribution is -0.140. The summed E-state index contributed by atoms with van der Waals surface area (Å²) in [4.78, 5) is 27.4. The Balaban J connectivity index is 2.24. The van der Waals surface area contributed by atoms with Crippen molar-refractivity contribution in [2.75, 3.05) is 0 Å². The van der Waals surface area contributed by atoms with Gasteiger partial charge in [-0.25, -0.2) is 9.78 Å². The molecule has 112 valence electrons. The first-order chi connectivity index (χ1) is 9.93. The van der Waals surface area contributed by atoms with Gasteiger partial charge in [-0.15, -0.1) is 0 Å². The molecule has 0 bridgehead atoms. The minimum atomic E-state index is -1.05. The molecule has 2 atom stereocenters. The van der Waals surface area contributed by atoms with Gasteiger partial charge in [0.25, 0.3) is 11.6 Å². The Morgan fingerprint density at radius 3 is 2.81 bits per heavy atom. The summed E-state index contributed by atoms with van der Waals surface area (Å²) in [7, 11) is 0. The Labute approximate surface area is 121 Å². The molecule has 2 N–H and O–H groups in total. The van der Waals surface area contributed by atoms with Crippen LogP contribution < -0.4 is 5.32 Å². The number of fused-ring (bicyclic) bond motifs is 1. The molecule has 0 unspecified atom stereocenters. The van der Waals surface area contributed by atoms with Crippen molar-refractivity contribution in [1.82, 2.24) is 15.5 Å². The zero-order valence-corrected chi connectivity index (χ0v) is 12.1. The summed E-state index contributed by atoms with van der Waals surface area (Å²) in [5, 5.41) is 16.1. The molecule has 0 radical (unpaired) electrons. The Morgan fingerprint density at radius 1 is 1.48 bits per heavy atom. The third-order valence-electron chi connectivity index (χ3n) is 3.54. The van der Waals surface area contributed by atoms with Crippen molar-refractivity contribution in [2.24, 2.45) is 5.92 Å². The van der Waals surface area contributed by atoms with Gasteiger partial charge in [-0.05, 0) is 18.9 Å². The molecular weight excluding hydrogens is 274 g/mol. The van der Waals surface area contributed by atoms with Gasteiger partial charge in [-0.1, -0.05) is 25.4 Å². The first-order valence-corrected chi connectivity index (χ1v) is 6.69. The third-order valence-corrected chi connectivity index (χ3v) is 3.54. The second-order valence-corrected chi connectivity index (χ2v) is 5.02. The normalized spacial score (nSPS) is 13.9. The lowest BCUT2D eigenvalue weighted by Crippen LogP contribution is -2.45. The number of aliphatic carboxylic acids is 1. The van der Waals surface area contributed by atoms with Gasteiger partial charge in [-0.2, -0.15) is 0 Å². The fourth-order valence-corrected chi connectivity index (χ4v) is 1.98.